The molecular weight excluding hydrogens is 260 g/mol. The van der Waals surface area contributed by atoms with Crippen molar-refractivity contribution in [2.24, 2.45) is 22.9 Å². The molecule has 2 atom stereocenters. The third kappa shape index (κ3) is 6.85. The molecule has 116 valence electrons. The van der Waals surface area contributed by atoms with Crippen LogP contribution in [-0.2, 0) is 14.4 Å². The largest absolute Gasteiger partial charge is 0.330 e. The molecule has 0 aliphatic carbocycles. The van der Waals surface area contributed by atoms with E-state index in [0.717, 1.165) is 12.8 Å². The highest BCUT2D eigenvalue weighted by Crippen LogP contribution is 2.04. The van der Waals surface area contributed by atoms with Crippen molar-refractivity contribution in [2.45, 2.75) is 50.6 Å². The molecule has 2 unspecified atom stereocenters. The van der Waals surface area contributed by atoms with Gasteiger partial charge in [0.1, 0.15) is 0 Å². The monoisotopic (exact) mass is 286 g/mol. The predicted molar refractivity (Wildman–Crippen MR) is 76.8 cm³/mol. The van der Waals surface area contributed by atoms with Gasteiger partial charge in [0, 0.05) is 0 Å². The van der Waals surface area contributed by atoms with Gasteiger partial charge in [0.25, 0.3) is 5.78 Å². The maximum atomic E-state index is 11.7. The van der Waals surface area contributed by atoms with Gasteiger partial charge >= 0.3 is 0 Å². The fourth-order valence-corrected chi connectivity index (χ4v) is 1.74. The molecule has 0 bridgehead atoms. The summed E-state index contributed by atoms with van der Waals surface area (Å²) >= 11 is 0. The van der Waals surface area contributed by atoms with Gasteiger partial charge in [-0.15, -0.1) is 0 Å². The summed E-state index contributed by atoms with van der Waals surface area (Å²) in [6, 6.07) is -1.90. The van der Waals surface area contributed by atoms with Gasteiger partial charge in [-0.3, -0.25) is 14.4 Å². The molecule has 7 nitrogen and oxygen atoms in total. The van der Waals surface area contributed by atoms with E-state index in [1.165, 1.54) is 0 Å². The van der Waals surface area contributed by atoms with Gasteiger partial charge in [-0.05, 0) is 38.8 Å². The van der Waals surface area contributed by atoms with E-state index >= 15 is 0 Å². The first-order valence-electron chi connectivity index (χ1n) is 6.99. The molecule has 8 N–H and O–H groups in total. The van der Waals surface area contributed by atoms with Crippen molar-refractivity contribution in [1.82, 2.24) is 0 Å². The number of hydrogen-bond acceptors (Lipinski definition) is 7. The average Bonchev–Trinajstić information content (AvgIpc) is 2.45. The molecule has 0 aromatic heterocycles. The van der Waals surface area contributed by atoms with E-state index < -0.39 is 29.4 Å². The van der Waals surface area contributed by atoms with Crippen LogP contribution in [0.25, 0.3) is 0 Å². The second kappa shape index (κ2) is 10.6. The van der Waals surface area contributed by atoms with Crippen molar-refractivity contribution in [3.05, 3.63) is 0 Å². The number of unbranched alkanes of at least 4 members (excludes halogenated alkanes) is 2. The molecule has 0 aliphatic heterocycles. The fourth-order valence-electron chi connectivity index (χ4n) is 1.74. The van der Waals surface area contributed by atoms with Crippen LogP contribution in [0.5, 0.6) is 0 Å². The Morgan fingerprint density at radius 1 is 0.700 bits per heavy atom. The Kier molecular flexibility index (Phi) is 10.0. The summed E-state index contributed by atoms with van der Waals surface area (Å²) in [5.41, 5.74) is 21.8. The summed E-state index contributed by atoms with van der Waals surface area (Å²) in [6.07, 6.45) is 3.43. The van der Waals surface area contributed by atoms with E-state index in [2.05, 4.69) is 0 Å². The lowest BCUT2D eigenvalue weighted by molar-refractivity contribution is -0.145. The summed E-state index contributed by atoms with van der Waals surface area (Å²) in [4.78, 5) is 35.1. The van der Waals surface area contributed by atoms with Gasteiger partial charge in [-0.1, -0.05) is 12.8 Å². The fraction of sp³-hybridized carbons (Fsp3) is 0.769. The second-order valence-corrected chi connectivity index (χ2v) is 4.84. The van der Waals surface area contributed by atoms with E-state index in [9.17, 15) is 14.4 Å². The normalized spacial score (nSPS) is 13.8. The minimum atomic E-state index is -1.09. The Hall–Kier alpha value is -1.15. The first kappa shape index (κ1) is 18.9. The SMILES string of the molecule is NCCCCC(N)C(=O)C(=O)C(=O)C(N)CCCCN. The van der Waals surface area contributed by atoms with E-state index in [4.69, 9.17) is 22.9 Å². The number of Topliss-reactive ketones (excluding diaryl/α,β-unsaturated/α-hetero) is 3. The number of carbonyl (C=O) groups excluding carboxylic acids is 3. The zero-order valence-corrected chi connectivity index (χ0v) is 11.8. The molecule has 0 rings (SSSR count). The molecule has 20 heavy (non-hydrogen) atoms. The zero-order chi connectivity index (χ0) is 15.5. The van der Waals surface area contributed by atoms with Crippen LogP contribution in [-0.4, -0.2) is 42.5 Å². The van der Waals surface area contributed by atoms with Crippen molar-refractivity contribution < 1.29 is 14.4 Å². The van der Waals surface area contributed by atoms with Crippen LogP contribution in [0.3, 0.4) is 0 Å². The number of hydrogen-bond donors (Lipinski definition) is 4. The summed E-state index contributed by atoms with van der Waals surface area (Å²) in [7, 11) is 0. The molecule has 0 saturated heterocycles. The van der Waals surface area contributed by atoms with Crippen LogP contribution >= 0.6 is 0 Å². The van der Waals surface area contributed by atoms with E-state index in [-0.39, 0.29) is 0 Å². The Balaban J connectivity index is 4.26. The minimum absolute atomic E-state index is 0.345. The topological polar surface area (TPSA) is 155 Å². The number of carbonyl (C=O) groups is 3. The van der Waals surface area contributed by atoms with Crippen molar-refractivity contribution in [3.8, 4) is 0 Å². The van der Waals surface area contributed by atoms with Crippen molar-refractivity contribution in [1.29, 1.82) is 0 Å². The summed E-state index contributed by atoms with van der Waals surface area (Å²) in [5.74, 6) is -2.81. The van der Waals surface area contributed by atoms with Gasteiger partial charge in [0.2, 0.25) is 11.6 Å². The van der Waals surface area contributed by atoms with Gasteiger partial charge < -0.3 is 22.9 Å². The molecular formula is C13H26N4O3. The standard InChI is InChI=1S/C13H26N4O3/c14-7-3-1-5-9(16)11(18)13(20)12(19)10(17)6-2-4-8-15/h9-10H,1-8,14-17H2. The molecule has 0 heterocycles. The van der Waals surface area contributed by atoms with Gasteiger partial charge in [0.05, 0.1) is 12.1 Å². The lowest BCUT2D eigenvalue weighted by Gasteiger charge is -2.12. The average molecular weight is 286 g/mol. The first-order chi connectivity index (χ1) is 9.45. The lowest BCUT2D eigenvalue weighted by atomic mass is 9.96. The Morgan fingerprint density at radius 3 is 1.35 bits per heavy atom. The molecule has 0 aromatic rings. The lowest BCUT2D eigenvalue weighted by Crippen LogP contribution is -2.45. The van der Waals surface area contributed by atoms with E-state index in [0.29, 0.717) is 38.8 Å². The molecule has 0 aliphatic rings. The van der Waals surface area contributed by atoms with Crippen LogP contribution in [0, 0.1) is 0 Å². The molecule has 7 heteroatoms. The van der Waals surface area contributed by atoms with Gasteiger partial charge in [-0.25, -0.2) is 0 Å². The molecule has 0 aromatic carbocycles. The van der Waals surface area contributed by atoms with Crippen LogP contribution in [0.1, 0.15) is 38.5 Å². The van der Waals surface area contributed by atoms with Crippen molar-refractivity contribution in [3.63, 3.8) is 0 Å². The third-order valence-corrected chi connectivity index (χ3v) is 3.06. The summed E-state index contributed by atoms with van der Waals surface area (Å²) in [6.45, 7) is 1.000. The van der Waals surface area contributed by atoms with E-state index in [1.54, 1.807) is 0 Å². The second-order valence-electron chi connectivity index (χ2n) is 4.84. The molecule has 0 radical (unpaired) electrons. The minimum Gasteiger partial charge on any atom is -0.330 e. The van der Waals surface area contributed by atoms with Crippen LogP contribution in [0.2, 0.25) is 0 Å². The highest BCUT2D eigenvalue weighted by molar-refractivity contribution is 6.65. The Labute approximate surface area is 119 Å². The van der Waals surface area contributed by atoms with Crippen molar-refractivity contribution in [2.75, 3.05) is 13.1 Å². The maximum Gasteiger partial charge on any atom is 0.267 e. The Bertz CT molecular complexity index is 304. The Morgan fingerprint density at radius 2 is 1.05 bits per heavy atom. The van der Waals surface area contributed by atoms with Gasteiger partial charge in [0.15, 0.2) is 0 Å². The molecule has 0 amide bonds. The number of ketones is 3. The summed E-state index contributed by atoms with van der Waals surface area (Å²) in [5, 5.41) is 0. The maximum absolute atomic E-state index is 11.7. The number of rotatable bonds is 12. The first-order valence-corrected chi connectivity index (χ1v) is 6.99. The zero-order valence-electron chi connectivity index (χ0n) is 11.8. The van der Waals surface area contributed by atoms with Crippen LogP contribution < -0.4 is 22.9 Å². The summed E-state index contributed by atoms with van der Waals surface area (Å²) < 4.78 is 0. The molecule has 0 spiro atoms. The molecule has 0 fully saturated rings. The van der Waals surface area contributed by atoms with Crippen LogP contribution in [0.15, 0.2) is 0 Å². The molecule has 0 saturated carbocycles. The highest BCUT2D eigenvalue weighted by Gasteiger charge is 2.30. The number of nitrogens with two attached hydrogens (primary N) is 4. The highest BCUT2D eigenvalue weighted by atomic mass is 16.2. The smallest absolute Gasteiger partial charge is 0.267 e. The van der Waals surface area contributed by atoms with Crippen LogP contribution in [0.4, 0.5) is 0 Å². The third-order valence-electron chi connectivity index (χ3n) is 3.06. The van der Waals surface area contributed by atoms with Crippen molar-refractivity contribution >= 4 is 17.3 Å². The van der Waals surface area contributed by atoms with Gasteiger partial charge in [-0.2, -0.15) is 0 Å². The quantitative estimate of drug-likeness (QED) is 0.195. The van der Waals surface area contributed by atoms with E-state index in [1.807, 2.05) is 0 Å². The predicted octanol–water partition coefficient (Wildman–Crippen LogP) is -1.39.